The van der Waals surface area contributed by atoms with Gasteiger partial charge in [0.2, 0.25) is 0 Å². The summed E-state index contributed by atoms with van der Waals surface area (Å²) in [6.45, 7) is 1.15. The first-order valence-electron chi connectivity index (χ1n) is 10.3. The van der Waals surface area contributed by atoms with E-state index in [4.69, 9.17) is 0 Å². The topological polar surface area (TPSA) is 127 Å². The first-order chi connectivity index (χ1) is 15.8. The van der Waals surface area contributed by atoms with Crippen molar-refractivity contribution in [3.8, 4) is 0 Å². The van der Waals surface area contributed by atoms with Gasteiger partial charge >= 0.3 is 0 Å². The van der Waals surface area contributed by atoms with Gasteiger partial charge in [0.1, 0.15) is 0 Å². The van der Waals surface area contributed by atoms with E-state index in [-0.39, 0.29) is 51.9 Å². The molecule has 0 saturated heterocycles. The van der Waals surface area contributed by atoms with E-state index in [9.17, 15) is 29.4 Å². The van der Waals surface area contributed by atoms with Crippen molar-refractivity contribution in [1.82, 2.24) is 10.4 Å². The molecule has 0 aromatic heterocycles. The predicted molar refractivity (Wildman–Crippen MR) is 118 cm³/mol. The van der Waals surface area contributed by atoms with E-state index in [0.29, 0.717) is 5.56 Å². The van der Waals surface area contributed by atoms with Gasteiger partial charge < -0.3 is 10.2 Å². The normalized spacial score (nSPS) is 16.1. The zero-order chi connectivity index (χ0) is 23.4. The Hall–Kier alpha value is -3.92. The Morgan fingerprint density at radius 3 is 1.76 bits per heavy atom. The first-order valence-corrected chi connectivity index (χ1v) is 10.3. The monoisotopic (exact) mass is 445 g/mol. The third-order valence-electron chi connectivity index (χ3n) is 5.84. The summed E-state index contributed by atoms with van der Waals surface area (Å²) in [5, 5.41) is 20.6. The molecule has 0 spiro atoms. The molecule has 9 nitrogen and oxygen atoms in total. The van der Waals surface area contributed by atoms with Crippen LogP contribution in [0.4, 0.5) is 5.69 Å². The van der Waals surface area contributed by atoms with Gasteiger partial charge in [-0.15, -0.1) is 0 Å². The average molecular weight is 445 g/mol. The summed E-state index contributed by atoms with van der Waals surface area (Å²) in [7, 11) is 0. The molecular weight excluding hydrogens is 426 g/mol. The van der Waals surface area contributed by atoms with Crippen LogP contribution in [0.25, 0.3) is 10.8 Å². The number of hydrogen-bond donors (Lipinski definition) is 3. The Bertz CT molecular complexity index is 1310. The maximum atomic E-state index is 13.4. The van der Waals surface area contributed by atoms with Crippen LogP contribution in [0.1, 0.15) is 53.9 Å². The van der Waals surface area contributed by atoms with Crippen molar-refractivity contribution in [3.05, 3.63) is 76.3 Å². The number of anilines is 1. The number of hydrazine groups is 1. The predicted octanol–water partition coefficient (Wildman–Crippen LogP) is 1.61. The van der Waals surface area contributed by atoms with Crippen molar-refractivity contribution in [1.29, 1.82) is 0 Å². The minimum Gasteiger partial charge on any atom is -0.392 e. The van der Waals surface area contributed by atoms with Crippen LogP contribution in [0.2, 0.25) is 0 Å². The van der Waals surface area contributed by atoms with Gasteiger partial charge in [0.25, 0.3) is 23.6 Å². The molecule has 0 bridgehead atoms. The molecule has 2 aliphatic heterocycles. The summed E-state index contributed by atoms with van der Waals surface area (Å²) in [5.41, 5.74) is 4.04. The molecule has 3 aromatic carbocycles. The fourth-order valence-electron chi connectivity index (χ4n) is 4.32. The summed E-state index contributed by atoms with van der Waals surface area (Å²) in [4.78, 5) is 53.9. The molecule has 9 heteroatoms. The van der Waals surface area contributed by atoms with E-state index in [1.165, 1.54) is 31.2 Å². The standard InChI is InChI=1S/C24H19N3O6/c1-12(29)10-25-27-23(32)16-8-6-14-19-15(7-9-17(20(16)19)24(27)33)22(31)26(21(14)30)18-5-3-2-4-13(18)11-28/h2-9,12,25,28-29H,10-11H2,1H3. The van der Waals surface area contributed by atoms with Crippen LogP contribution in [0.15, 0.2) is 48.5 Å². The van der Waals surface area contributed by atoms with Gasteiger partial charge in [-0.2, -0.15) is 0 Å². The summed E-state index contributed by atoms with van der Waals surface area (Å²) in [6, 6.07) is 12.4. The molecule has 33 heavy (non-hydrogen) atoms. The lowest BCUT2D eigenvalue weighted by Crippen LogP contribution is -2.51. The molecule has 0 saturated carbocycles. The maximum Gasteiger partial charge on any atom is 0.275 e. The second-order valence-corrected chi connectivity index (χ2v) is 7.96. The highest BCUT2D eigenvalue weighted by Crippen LogP contribution is 2.39. The van der Waals surface area contributed by atoms with Gasteiger partial charge in [-0.3, -0.25) is 19.2 Å². The number of aliphatic hydroxyl groups excluding tert-OH is 2. The van der Waals surface area contributed by atoms with Crippen LogP contribution < -0.4 is 10.3 Å². The van der Waals surface area contributed by atoms with Gasteiger partial charge in [0.15, 0.2) is 0 Å². The number of carbonyl (C=O) groups excluding carboxylic acids is 4. The fourth-order valence-corrected chi connectivity index (χ4v) is 4.32. The summed E-state index contributed by atoms with van der Waals surface area (Å²) in [6.07, 6.45) is -0.787. The third-order valence-corrected chi connectivity index (χ3v) is 5.84. The number of aliphatic hydroxyl groups is 2. The second kappa shape index (κ2) is 7.59. The summed E-state index contributed by atoms with van der Waals surface area (Å²) < 4.78 is 0. The van der Waals surface area contributed by atoms with Crippen molar-refractivity contribution < 1.29 is 29.4 Å². The molecule has 166 valence electrons. The molecule has 0 fully saturated rings. The van der Waals surface area contributed by atoms with Crippen LogP contribution >= 0.6 is 0 Å². The van der Waals surface area contributed by atoms with Gasteiger partial charge in [0, 0.05) is 34.0 Å². The molecule has 2 aliphatic rings. The van der Waals surface area contributed by atoms with Crippen LogP contribution in [0.3, 0.4) is 0 Å². The first kappa shape index (κ1) is 21.0. The van der Waals surface area contributed by atoms with E-state index < -0.39 is 29.7 Å². The zero-order valence-electron chi connectivity index (χ0n) is 17.5. The molecule has 3 N–H and O–H groups in total. The van der Waals surface area contributed by atoms with Crippen molar-refractivity contribution in [2.45, 2.75) is 19.6 Å². The van der Waals surface area contributed by atoms with Crippen LogP contribution in [-0.2, 0) is 6.61 Å². The molecular formula is C24H19N3O6. The van der Waals surface area contributed by atoms with E-state index in [0.717, 1.165) is 9.91 Å². The largest absolute Gasteiger partial charge is 0.392 e. The van der Waals surface area contributed by atoms with Crippen LogP contribution in [-0.4, -0.2) is 51.5 Å². The number of rotatable bonds is 5. The van der Waals surface area contributed by atoms with Gasteiger partial charge in [-0.25, -0.2) is 15.3 Å². The van der Waals surface area contributed by atoms with Crippen LogP contribution in [0, 0.1) is 0 Å². The number of imide groups is 2. The number of amides is 4. The number of hydrogen-bond acceptors (Lipinski definition) is 7. The number of nitrogens with zero attached hydrogens (tertiary/aromatic N) is 2. The van der Waals surface area contributed by atoms with Gasteiger partial charge in [0.05, 0.1) is 29.5 Å². The summed E-state index contributed by atoms with van der Waals surface area (Å²) >= 11 is 0. The third kappa shape index (κ3) is 2.98. The number of para-hydroxylation sites is 1. The Labute approximate surface area is 187 Å². The quantitative estimate of drug-likeness (QED) is 0.509. The zero-order valence-corrected chi connectivity index (χ0v) is 17.5. The van der Waals surface area contributed by atoms with E-state index in [1.807, 2.05) is 0 Å². The second-order valence-electron chi connectivity index (χ2n) is 7.96. The van der Waals surface area contributed by atoms with Crippen molar-refractivity contribution in [3.63, 3.8) is 0 Å². The lowest BCUT2D eigenvalue weighted by molar-refractivity contribution is 0.0483. The molecule has 2 heterocycles. The van der Waals surface area contributed by atoms with Gasteiger partial charge in [-0.1, -0.05) is 18.2 Å². The molecule has 1 atom stereocenters. The number of carbonyl (C=O) groups is 4. The van der Waals surface area contributed by atoms with E-state index >= 15 is 0 Å². The van der Waals surface area contributed by atoms with Crippen molar-refractivity contribution in [2.24, 2.45) is 0 Å². The highest BCUT2D eigenvalue weighted by molar-refractivity contribution is 6.39. The highest BCUT2D eigenvalue weighted by atomic mass is 16.3. The molecule has 4 amide bonds. The molecule has 3 aromatic rings. The minimum absolute atomic E-state index is 0.0116. The maximum absolute atomic E-state index is 13.4. The lowest BCUT2D eigenvalue weighted by atomic mass is 9.86. The average Bonchev–Trinajstić information content (AvgIpc) is 2.81. The Morgan fingerprint density at radius 2 is 1.27 bits per heavy atom. The van der Waals surface area contributed by atoms with Crippen molar-refractivity contribution >= 4 is 40.1 Å². The lowest BCUT2D eigenvalue weighted by Gasteiger charge is -2.32. The Kier molecular flexibility index (Phi) is 4.82. The number of nitrogens with one attached hydrogen (secondary N) is 1. The van der Waals surface area contributed by atoms with E-state index in [1.54, 1.807) is 24.3 Å². The highest BCUT2D eigenvalue weighted by Gasteiger charge is 2.40. The molecule has 1 unspecified atom stereocenters. The number of benzene rings is 3. The Morgan fingerprint density at radius 1 is 0.788 bits per heavy atom. The fraction of sp³-hybridized carbons (Fsp3) is 0.167. The molecule has 0 aliphatic carbocycles. The molecule has 5 rings (SSSR count). The molecule has 0 radical (unpaired) electrons. The van der Waals surface area contributed by atoms with Gasteiger partial charge in [-0.05, 0) is 37.3 Å². The van der Waals surface area contributed by atoms with Crippen LogP contribution in [0.5, 0.6) is 0 Å². The SMILES string of the molecule is CC(O)CNN1C(=O)c2ccc3c4c(ccc(c24)C1=O)C(=O)N(c1ccccc1CO)C3=O. The van der Waals surface area contributed by atoms with E-state index in [2.05, 4.69) is 5.43 Å². The summed E-state index contributed by atoms with van der Waals surface area (Å²) in [5.74, 6) is -2.48. The smallest absolute Gasteiger partial charge is 0.275 e. The minimum atomic E-state index is -0.787. The van der Waals surface area contributed by atoms with Crippen molar-refractivity contribution in [2.75, 3.05) is 11.4 Å². The Balaban J connectivity index is 1.69.